The number of likely N-dealkylation sites (N-methyl/N-ethyl adjacent to an activating group) is 1. The average Bonchev–Trinajstić information content (AvgIpc) is 2.76. The summed E-state index contributed by atoms with van der Waals surface area (Å²) in [5, 5.41) is 3.52. The van der Waals surface area contributed by atoms with E-state index in [0.29, 0.717) is 6.04 Å². The van der Waals surface area contributed by atoms with Crippen molar-refractivity contribution in [3.63, 3.8) is 0 Å². The molecular formula is C14H20BrNO. The molecule has 0 bridgehead atoms. The molecule has 2 nitrogen and oxygen atoms in total. The Morgan fingerprint density at radius 2 is 2.24 bits per heavy atom. The summed E-state index contributed by atoms with van der Waals surface area (Å²) in [4.78, 5) is 0. The molecule has 94 valence electrons. The van der Waals surface area contributed by atoms with Crippen LogP contribution in [-0.4, -0.2) is 19.2 Å². The Hall–Kier alpha value is -0.540. The van der Waals surface area contributed by atoms with Crippen LogP contribution in [0.15, 0.2) is 16.6 Å². The lowest BCUT2D eigenvalue weighted by molar-refractivity contribution is 0.351. The highest BCUT2D eigenvalue weighted by molar-refractivity contribution is 9.10. The van der Waals surface area contributed by atoms with Gasteiger partial charge in [-0.15, -0.1) is 0 Å². The van der Waals surface area contributed by atoms with Crippen LogP contribution in [0.1, 0.15) is 31.4 Å². The summed E-state index contributed by atoms with van der Waals surface area (Å²) in [5.74, 6) is 1.13. The van der Waals surface area contributed by atoms with Crippen molar-refractivity contribution in [1.29, 1.82) is 0 Å². The number of nitrogens with one attached hydrogen (secondary N) is 1. The second kappa shape index (κ2) is 5.87. The summed E-state index contributed by atoms with van der Waals surface area (Å²) in [6.45, 7) is 6.24. The van der Waals surface area contributed by atoms with Crippen LogP contribution in [0.5, 0.6) is 5.75 Å². The van der Waals surface area contributed by atoms with E-state index in [0.717, 1.165) is 38.2 Å². The highest BCUT2D eigenvalue weighted by Crippen LogP contribution is 2.33. The van der Waals surface area contributed by atoms with Crippen LogP contribution < -0.4 is 10.1 Å². The zero-order chi connectivity index (χ0) is 12.3. The van der Waals surface area contributed by atoms with Crippen LogP contribution in [0.4, 0.5) is 0 Å². The number of hydrogen-bond acceptors (Lipinski definition) is 2. The highest BCUT2D eigenvalue weighted by atomic mass is 79.9. The van der Waals surface area contributed by atoms with Gasteiger partial charge >= 0.3 is 0 Å². The minimum absolute atomic E-state index is 0.544. The molecule has 3 heteroatoms. The molecule has 0 amide bonds. The lowest BCUT2D eigenvalue weighted by Gasteiger charge is -2.17. The van der Waals surface area contributed by atoms with E-state index >= 15 is 0 Å². The Morgan fingerprint density at radius 3 is 2.94 bits per heavy atom. The fraction of sp³-hybridized carbons (Fsp3) is 0.571. The Morgan fingerprint density at radius 1 is 1.41 bits per heavy atom. The normalized spacial score (nSPS) is 15.5. The van der Waals surface area contributed by atoms with Gasteiger partial charge in [0.15, 0.2) is 0 Å². The standard InChI is InChI=1S/C14H20BrNO/c1-3-13(16-4-2)9-11-8-12(15)7-10-5-6-17-14(10)11/h7-8,13,16H,3-6,9H2,1-2H3. The molecule has 1 atom stereocenters. The zero-order valence-corrected chi connectivity index (χ0v) is 12.1. The van der Waals surface area contributed by atoms with Gasteiger partial charge in [0.1, 0.15) is 5.75 Å². The average molecular weight is 298 g/mol. The maximum Gasteiger partial charge on any atom is 0.125 e. The monoisotopic (exact) mass is 297 g/mol. The summed E-state index contributed by atoms with van der Waals surface area (Å²) in [7, 11) is 0. The molecule has 0 aromatic heterocycles. The van der Waals surface area contributed by atoms with Crippen molar-refractivity contribution in [3.8, 4) is 5.75 Å². The Kier molecular flexibility index (Phi) is 4.46. The third-order valence-corrected chi connectivity index (χ3v) is 3.74. The van der Waals surface area contributed by atoms with Crippen LogP contribution in [0.3, 0.4) is 0 Å². The van der Waals surface area contributed by atoms with Gasteiger partial charge in [0.2, 0.25) is 0 Å². The molecule has 1 heterocycles. The molecule has 1 aromatic carbocycles. The highest BCUT2D eigenvalue weighted by Gasteiger charge is 2.19. The third-order valence-electron chi connectivity index (χ3n) is 3.28. The predicted octanol–water partition coefficient (Wildman–Crippen LogP) is 3.31. The second-order valence-electron chi connectivity index (χ2n) is 4.52. The summed E-state index contributed by atoms with van der Waals surface area (Å²) in [6, 6.07) is 4.92. The minimum atomic E-state index is 0.544. The summed E-state index contributed by atoms with van der Waals surface area (Å²) in [6.07, 6.45) is 3.24. The lowest BCUT2D eigenvalue weighted by Crippen LogP contribution is -2.30. The number of ether oxygens (including phenoxy) is 1. The van der Waals surface area contributed by atoms with Gasteiger partial charge in [-0.2, -0.15) is 0 Å². The van der Waals surface area contributed by atoms with Crippen molar-refractivity contribution in [2.75, 3.05) is 13.2 Å². The Labute approximate surface area is 112 Å². The molecule has 17 heavy (non-hydrogen) atoms. The minimum Gasteiger partial charge on any atom is -0.493 e. The fourth-order valence-corrected chi connectivity index (χ4v) is 2.97. The fourth-order valence-electron chi connectivity index (χ4n) is 2.41. The predicted molar refractivity (Wildman–Crippen MR) is 74.8 cm³/mol. The first-order chi connectivity index (χ1) is 8.24. The molecule has 0 spiro atoms. The van der Waals surface area contributed by atoms with Gasteiger partial charge in [-0.1, -0.05) is 29.8 Å². The van der Waals surface area contributed by atoms with Gasteiger partial charge in [-0.25, -0.2) is 0 Å². The van der Waals surface area contributed by atoms with Crippen molar-refractivity contribution < 1.29 is 4.74 Å². The van der Waals surface area contributed by atoms with E-state index in [9.17, 15) is 0 Å². The number of halogens is 1. The van der Waals surface area contributed by atoms with Crippen LogP contribution in [0, 0.1) is 0 Å². The quantitative estimate of drug-likeness (QED) is 0.900. The van der Waals surface area contributed by atoms with Crippen LogP contribution in [0.2, 0.25) is 0 Å². The molecule has 1 aliphatic rings. The molecule has 0 fully saturated rings. The van der Waals surface area contributed by atoms with Crippen LogP contribution >= 0.6 is 15.9 Å². The number of rotatable bonds is 5. The molecular weight excluding hydrogens is 278 g/mol. The molecule has 0 saturated heterocycles. The molecule has 0 radical (unpaired) electrons. The second-order valence-corrected chi connectivity index (χ2v) is 5.43. The van der Waals surface area contributed by atoms with Crippen molar-refractivity contribution in [3.05, 3.63) is 27.7 Å². The van der Waals surface area contributed by atoms with E-state index in [-0.39, 0.29) is 0 Å². The van der Waals surface area contributed by atoms with Gasteiger partial charge < -0.3 is 10.1 Å². The Bertz CT molecular complexity index is 392. The SMILES string of the molecule is CCNC(CC)Cc1cc(Br)cc2c1OCC2. The third kappa shape index (κ3) is 3.02. The van der Waals surface area contributed by atoms with Gasteiger partial charge in [-0.3, -0.25) is 0 Å². The maximum absolute atomic E-state index is 5.76. The smallest absolute Gasteiger partial charge is 0.125 e. The van der Waals surface area contributed by atoms with Crippen molar-refractivity contribution in [2.24, 2.45) is 0 Å². The topological polar surface area (TPSA) is 21.3 Å². The van der Waals surface area contributed by atoms with Crippen LogP contribution in [-0.2, 0) is 12.8 Å². The molecule has 0 aliphatic carbocycles. The summed E-state index contributed by atoms with van der Waals surface area (Å²) >= 11 is 3.59. The number of hydrogen-bond donors (Lipinski definition) is 1. The van der Waals surface area contributed by atoms with Gasteiger partial charge in [-0.05, 0) is 42.6 Å². The molecule has 1 aromatic rings. The molecule has 2 rings (SSSR count). The first kappa shape index (κ1) is 12.9. The van der Waals surface area contributed by atoms with Crippen molar-refractivity contribution >= 4 is 15.9 Å². The summed E-state index contributed by atoms with van der Waals surface area (Å²) < 4.78 is 6.93. The van der Waals surface area contributed by atoms with Crippen molar-refractivity contribution in [2.45, 2.75) is 39.2 Å². The van der Waals surface area contributed by atoms with E-state index in [1.54, 1.807) is 0 Å². The molecule has 1 N–H and O–H groups in total. The molecule has 1 unspecified atom stereocenters. The first-order valence-corrected chi connectivity index (χ1v) is 7.21. The molecule has 1 aliphatic heterocycles. The zero-order valence-electron chi connectivity index (χ0n) is 10.6. The van der Waals surface area contributed by atoms with Crippen molar-refractivity contribution in [1.82, 2.24) is 5.32 Å². The number of benzene rings is 1. The number of fused-ring (bicyclic) bond motifs is 1. The van der Waals surface area contributed by atoms with Gasteiger partial charge in [0, 0.05) is 16.9 Å². The lowest BCUT2D eigenvalue weighted by atomic mass is 10.0. The molecule has 0 saturated carbocycles. The maximum atomic E-state index is 5.76. The van der Waals surface area contributed by atoms with E-state index in [1.165, 1.54) is 15.6 Å². The first-order valence-electron chi connectivity index (χ1n) is 6.42. The Balaban J connectivity index is 2.20. The summed E-state index contributed by atoms with van der Waals surface area (Å²) in [5.41, 5.74) is 2.68. The van der Waals surface area contributed by atoms with Crippen LogP contribution in [0.25, 0.3) is 0 Å². The van der Waals surface area contributed by atoms with E-state index in [1.807, 2.05) is 0 Å². The van der Waals surface area contributed by atoms with E-state index in [4.69, 9.17) is 4.74 Å². The van der Waals surface area contributed by atoms with E-state index < -0.39 is 0 Å². The van der Waals surface area contributed by atoms with Gasteiger partial charge in [0.25, 0.3) is 0 Å². The van der Waals surface area contributed by atoms with Gasteiger partial charge in [0.05, 0.1) is 6.61 Å². The van der Waals surface area contributed by atoms with E-state index in [2.05, 4.69) is 47.2 Å². The largest absolute Gasteiger partial charge is 0.493 e.